The van der Waals surface area contributed by atoms with Gasteiger partial charge in [0.15, 0.2) is 5.03 Å². The Labute approximate surface area is 96.0 Å². The summed E-state index contributed by atoms with van der Waals surface area (Å²) >= 11 is 0. The average molecular weight is 243 g/mol. The van der Waals surface area contributed by atoms with Crippen molar-refractivity contribution in [2.45, 2.75) is 32.2 Å². The molecule has 16 heavy (non-hydrogen) atoms. The fourth-order valence-corrected chi connectivity index (χ4v) is 1.99. The Balaban J connectivity index is 2.74. The monoisotopic (exact) mass is 243 g/mol. The van der Waals surface area contributed by atoms with Crippen LogP contribution >= 0.6 is 0 Å². The highest BCUT2D eigenvalue weighted by molar-refractivity contribution is 7.89. The first-order valence-corrected chi connectivity index (χ1v) is 6.61. The molecule has 1 aromatic heterocycles. The van der Waals surface area contributed by atoms with Crippen molar-refractivity contribution in [3.8, 4) is 0 Å². The quantitative estimate of drug-likeness (QED) is 0.763. The van der Waals surface area contributed by atoms with Gasteiger partial charge in [-0.15, -0.1) is 0 Å². The largest absolute Gasteiger partial charge is 0.332 e. The molecule has 0 amide bonds. The van der Waals surface area contributed by atoms with Gasteiger partial charge in [0.1, 0.15) is 5.82 Å². The van der Waals surface area contributed by atoms with Gasteiger partial charge in [0.05, 0.1) is 6.20 Å². The Hall–Kier alpha value is -1.14. The molecule has 0 fully saturated rings. The van der Waals surface area contributed by atoms with E-state index in [4.69, 9.17) is 0 Å². The summed E-state index contributed by atoms with van der Waals surface area (Å²) < 4.78 is 25.9. The fourth-order valence-electron chi connectivity index (χ4n) is 1.09. The maximum Gasteiger partial charge on any atom is 0.257 e. The molecule has 0 aromatic carbocycles. The van der Waals surface area contributed by atoms with E-state index in [2.05, 4.69) is 14.7 Å². The number of sulfonamides is 1. The molecule has 0 saturated carbocycles. The number of allylic oxidation sites excluding steroid dienone is 1. The topological polar surface area (TPSA) is 74.8 Å². The maximum absolute atomic E-state index is 11.7. The third-order valence-corrected chi connectivity index (χ3v) is 3.35. The molecule has 0 spiro atoms. The van der Waals surface area contributed by atoms with E-state index in [0.29, 0.717) is 18.8 Å². The van der Waals surface area contributed by atoms with Crippen molar-refractivity contribution in [3.63, 3.8) is 0 Å². The van der Waals surface area contributed by atoms with Gasteiger partial charge in [0, 0.05) is 13.0 Å². The van der Waals surface area contributed by atoms with Gasteiger partial charge >= 0.3 is 0 Å². The summed E-state index contributed by atoms with van der Waals surface area (Å²) in [5, 5.41) is 0.117. The third kappa shape index (κ3) is 3.46. The maximum atomic E-state index is 11.7. The molecule has 2 N–H and O–H groups in total. The first-order chi connectivity index (χ1) is 7.45. The van der Waals surface area contributed by atoms with Gasteiger partial charge in [-0.3, -0.25) is 0 Å². The van der Waals surface area contributed by atoms with Crippen LogP contribution in [0.15, 0.2) is 22.9 Å². The number of nitrogens with zero attached hydrogens (tertiary/aromatic N) is 1. The van der Waals surface area contributed by atoms with Gasteiger partial charge in [-0.1, -0.05) is 18.6 Å². The zero-order valence-corrected chi connectivity index (χ0v) is 10.6. The van der Waals surface area contributed by atoms with E-state index in [1.54, 1.807) is 0 Å². The number of rotatable bonds is 5. The minimum Gasteiger partial charge on any atom is -0.332 e. The van der Waals surface area contributed by atoms with E-state index in [1.165, 1.54) is 6.20 Å². The molecule has 90 valence electrons. The van der Waals surface area contributed by atoms with Crippen LogP contribution in [0.5, 0.6) is 0 Å². The lowest BCUT2D eigenvalue weighted by Gasteiger charge is -2.01. The minimum absolute atomic E-state index is 0.117. The molecule has 0 aliphatic carbocycles. The molecule has 0 saturated heterocycles. The van der Waals surface area contributed by atoms with Crippen molar-refractivity contribution in [2.75, 3.05) is 6.54 Å². The SMILES string of the molecule is CCc1ncc(S(=O)(=O)NCC=C(C)C)[nH]1. The number of H-pyrrole nitrogens is 1. The molecule has 6 heteroatoms. The zero-order chi connectivity index (χ0) is 12.2. The van der Waals surface area contributed by atoms with Crippen LogP contribution in [0.25, 0.3) is 0 Å². The van der Waals surface area contributed by atoms with Crippen molar-refractivity contribution < 1.29 is 8.42 Å². The number of hydrogen-bond acceptors (Lipinski definition) is 3. The average Bonchev–Trinajstić information content (AvgIpc) is 2.65. The Morgan fingerprint density at radius 2 is 2.25 bits per heavy atom. The molecule has 1 heterocycles. The predicted molar refractivity (Wildman–Crippen MR) is 62.6 cm³/mol. The Morgan fingerprint density at radius 3 is 2.75 bits per heavy atom. The standard InChI is InChI=1S/C10H17N3O2S/c1-4-9-11-7-10(13-9)16(14,15)12-6-5-8(2)3/h5,7,12H,4,6H2,1-3H3,(H,11,13). The van der Waals surface area contributed by atoms with Gasteiger partial charge in [0.2, 0.25) is 0 Å². The summed E-state index contributed by atoms with van der Waals surface area (Å²) in [6.07, 6.45) is 3.84. The van der Waals surface area contributed by atoms with E-state index in [0.717, 1.165) is 5.57 Å². The second kappa shape index (κ2) is 5.27. The molecule has 0 bridgehead atoms. The molecule has 1 aromatic rings. The summed E-state index contributed by atoms with van der Waals surface area (Å²) in [6, 6.07) is 0. The second-order valence-corrected chi connectivity index (χ2v) is 5.42. The van der Waals surface area contributed by atoms with Gasteiger partial charge < -0.3 is 4.98 Å². The zero-order valence-electron chi connectivity index (χ0n) is 9.74. The van der Waals surface area contributed by atoms with Crippen LogP contribution in [0.1, 0.15) is 26.6 Å². The minimum atomic E-state index is -3.46. The third-order valence-electron chi connectivity index (χ3n) is 2.01. The first-order valence-electron chi connectivity index (χ1n) is 5.12. The summed E-state index contributed by atoms with van der Waals surface area (Å²) in [5.41, 5.74) is 1.07. The van der Waals surface area contributed by atoms with E-state index < -0.39 is 10.0 Å². The molecule has 0 atom stereocenters. The molecule has 0 radical (unpaired) electrons. The summed E-state index contributed by atoms with van der Waals surface area (Å²) in [5.74, 6) is 0.669. The van der Waals surface area contributed by atoms with Crippen LogP contribution in [0.4, 0.5) is 0 Å². The van der Waals surface area contributed by atoms with Crippen LogP contribution in [-0.2, 0) is 16.4 Å². The number of aromatic amines is 1. The summed E-state index contributed by atoms with van der Waals surface area (Å²) in [7, 11) is -3.46. The number of hydrogen-bond donors (Lipinski definition) is 2. The van der Waals surface area contributed by atoms with Crippen molar-refractivity contribution in [1.82, 2.24) is 14.7 Å². The molecule has 0 unspecified atom stereocenters. The lowest BCUT2D eigenvalue weighted by atomic mass is 10.3. The molecule has 0 aliphatic rings. The lowest BCUT2D eigenvalue weighted by molar-refractivity contribution is 0.582. The van der Waals surface area contributed by atoms with Gasteiger partial charge in [-0.2, -0.15) is 0 Å². The lowest BCUT2D eigenvalue weighted by Crippen LogP contribution is -2.24. The summed E-state index contributed by atoms with van der Waals surface area (Å²) in [4.78, 5) is 6.71. The van der Waals surface area contributed by atoms with Crippen LogP contribution in [-0.4, -0.2) is 24.9 Å². The molecule has 5 nitrogen and oxygen atoms in total. The molecule has 1 rings (SSSR count). The predicted octanol–water partition coefficient (Wildman–Crippen LogP) is 1.22. The Morgan fingerprint density at radius 1 is 1.56 bits per heavy atom. The number of imidazole rings is 1. The van der Waals surface area contributed by atoms with Gasteiger partial charge in [-0.25, -0.2) is 18.1 Å². The number of aromatic nitrogens is 2. The van der Waals surface area contributed by atoms with Crippen LogP contribution in [0.3, 0.4) is 0 Å². The smallest absolute Gasteiger partial charge is 0.257 e. The van der Waals surface area contributed by atoms with Gasteiger partial charge in [0.25, 0.3) is 10.0 Å². The normalized spacial score (nSPS) is 11.4. The number of aryl methyl sites for hydroxylation is 1. The number of nitrogens with one attached hydrogen (secondary N) is 2. The van der Waals surface area contributed by atoms with E-state index >= 15 is 0 Å². The van der Waals surface area contributed by atoms with Crippen molar-refractivity contribution >= 4 is 10.0 Å². The highest BCUT2D eigenvalue weighted by Gasteiger charge is 2.15. The second-order valence-electron chi connectivity index (χ2n) is 3.68. The van der Waals surface area contributed by atoms with Crippen LogP contribution in [0, 0.1) is 0 Å². The molecular weight excluding hydrogens is 226 g/mol. The van der Waals surface area contributed by atoms with Crippen molar-refractivity contribution in [3.05, 3.63) is 23.7 Å². The van der Waals surface area contributed by atoms with Crippen molar-refractivity contribution in [2.24, 2.45) is 0 Å². The molecular formula is C10H17N3O2S. The highest BCUT2D eigenvalue weighted by atomic mass is 32.2. The van der Waals surface area contributed by atoms with E-state index in [1.807, 2.05) is 26.8 Å². The Kier molecular flexibility index (Phi) is 4.26. The first kappa shape index (κ1) is 12.9. The van der Waals surface area contributed by atoms with Crippen molar-refractivity contribution in [1.29, 1.82) is 0 Å². The summed E-state index contributed by atoms with van der Waals surface area (Å²) in [6.45, 7) is 6.04. The van der Waals surface area contributed by atoms with Crippen LogP contribution < -0.4 is 4.72 Å². The van der Waals surface area contributed by atoms with Crippen LogP contribution in [0.2, 0.25) is 0 Å². The molecule has 0 aliphatic heterocycles. The Bertz CT molecular complexity index is 470. The van der Waals surface area contributed by atoms with E-state index in [9.17, 15) is 8.42 Å². The fraction of sp³-hybridized carbons (Fsp3) is 0.500. The van der Waals surface area contributed by atoms with E-state index in [-0.39, 0.29) is 5.03 Å². The van der Waals surface area contributed by atoms with Gasteiger partial charge in [-0.05, 0) is 13.8 Å². The highest BCUT2D eigenvalue weighted by Crippen LogP contribution is 2.05.